The molecular formula is C17H21NO2S. The van der Waals surface area contributed by atoms with E-state index in [1.165, 1.54) is 11.3 Å². The summed E-state index contributed by atoms with van der Waals surface area (Å²) in [6, 6.07) is 6.22. The largest absolute Gasteiger partial charge is 0.456 e. The number of anilines is 1. The Hall–Kier alpha value is -1.81. The lowest BCUT2D eigenvalue weighted by Gasteiger charge is -2.20. The molecule has 2 aromatic rings. The van der Waals surface area contributed by atoms with Crippen molar-refractivity contribution in [1.29, 1.82) is 0 Å². The van der Waals surface area contributed by atoms with Crippen LogP contribution in [0.2, 0.25) is 0 Å². The molecule has 4 heteroatoms. The Morgan fingerprint density at radius 1 is 1.14 bits per heavy atom. The second-order valence-electron chi connectivity index (χ2n) is 6.27. The average molecular weight is 303 g/mol. The van der Waals surface area contributed by atoms with Gasteiger partial charge in [0.05, 0.1) is 0 Å². The first-order valence-electron chi connectivity index (χ1n) is 6.86. The molecule has 0 saturated carbocycles. The van der Waals surface area contributed by atoms with Crippen molar-refractivity contribution < 1.29 is 9.53 Å². The molecule has 1 heterocycles. The first-order valence-corrected chi connectivity index (χ1v) is 7.74. The molecule has 21 heavy (non-hydrogen) atoms. The summed E-state index contributed by atoms with van der Waals surface area (Å²) in [4.78, 5) is 12.4. The molecule has 0 spiro atoms. The molecule has 0 amide bonds. The van der Waals surface area contributed by atoms with E-state index in [1.54, 1.807) is 0 Å². The van der Waals surface area contributed by atoms with E-state index in [0.717, 1.165) is 22.3 Å². The number of benzene rings is 1. The Kier molecular flexibility index (Phi) is 4.10. The maximum Gasteiger partial charge on any atom is 0.342 e. The SMILES string of the molecule is Cc1cc(C)cc(-c2csc(N)c2C(=O)OC(C)(C)C)c1. The fourth-order valence-corrected chi connectivity index (χ4v) is 3.07. The van der Waals surface area contributed by atoms with Crippen LogP contribution in [0.3, 0.4) is 0 Å². The number of carbonyl (C=O) groups is 1. The van der Waals surface area contributed by atoms with Crippen molar-refractivity contribution >= 4 is 22.3 Å². The molecular weight excluding hydrogens is 282 g/mol. The van der Waals surface area contributed by atoms with Gasteiger partial charge in [-0.25, -0.2) is 4.79 Å². The molecule has 0 bridgehead atoms. The van der Waals surface area contributed by atoms with Gasteiger partial charge in [-0.05, 0) is 40.2 Å². The van der Waals surface area contributed by atoms with Crippen LogP contribution in [-0.2, 0) is 4.74 Å². The first kappa shape index (κ1) is 15.6. The number of aryl methyl sites for hydroxylation is 2. The van der Waals surface area contributed by atoms with Crippen molar-refractivity contribution in [2.75, 3.05) is 5.73 Å². The van der Waals surface area contributed by atoms with Gasteiger partial charge in [0.15, 0.2) is 0 Å². The lowest BCUT2D eigenvalue weighted by atomic mass is 9.99. The van der Waals surface area contributed by atoms with Crippen LogP contribution in [-0.4, -0.2) is 11.6 Å². The van der Waals surface area contributed by atoms with Crippen molar-refractivity contribution in [3.05, 3.63) is 40.3 Å². The summed E-state index contributed by atoms with van der Waals surface area (Å²) in [6.07, 6.45) is 0. The number of nitrogen functional groups attached to an aromatic ring is 1. The normalized spacial score (nSPS) is 11.5. The fraction of sp³-hybridized carbons (Fsp3) is 0.353. The second kappa shape index (κ2) is 5.53. The molecule has 0 unspecified atom stereocenters. The van der Waals surface area contributed by atoms with E-state index >= 15 is 0 Å². The number of rotatable bonds is 2. The predicted octanol–water partition coefficient (Wildman–Crippen LogP) is 4.57. The van der Waals surface area contributed by atoms with Crippen LogP contribution in [0.15, 0.2) is 23.6 Å². The van der Waals surface area contributed by atoms with Crippen LogP contribution in [0.4, 0.5) is 5.00 Å². The Morgan fingerprint density at radius 3 is 2.24 bits per heavy atom. The van der Waals surface area contributed by atoms with Crippen molar-refractivity contribution in [1.82, 2.24) is 0 Å². The van der Waals surface area contributed by atoms with Crippen LogP contribution in [0.1, 0.15) is 42.3 Å². The van der Waals surface area contributed by atoms with E-state index in [2.05, 4.69) is 18.2 Å². The van der Waals surface area contributed by atoms with Gasteiger partial charge in [-0.15, -0.1) is 11.3 Å². The number of thiophene rings is 1. The lowest BCUT2D eigenvalue weighted by molar-refractivity contribution is 0.00722. The van der Waals surface area contributed by atoms with Gasteiger partial charge in [0.25, 0.3) is 0 Å². The monoisotopic (exact) mass is 303 g/mol. The van der Waals surface area contributed by atoms with E-state index in [-0.39, 0.29) is 5.97 Å². The maximum absolute atomic E-state index is 12.4. The Labute approximate surface area is 129 Å². The lowest BCUT2D eigenvalue weighted by Crippen LogP contribution is -2.24. The van der Waals surface area contributed by atoms with Gasteiger partial charge in [0.2, 0.25) is 0 Å². The van der Waals surface area contributed by atoms with Crippen molar-refractivity contribution in [2.24, 2.45) is 0 Å². The van der Waals surface area contributed by atoms with E-state index in [1.807, 2.05) is 40.0 Å². The molecule has 2 rings (SSSR count). The van der Waals surface area contributed by atoms with Crippen LogP contribution in [0.25, 0.3) is 11.1 Å². The number of nitrogens with two attached hydrogens (primary N) is 1. The molecule has 3 nitrogen and oxygen atoms in total. The van der Waals surface area contributed by atoms with E-state index < -0.39 is 5.60 Å². The zero-order chi connectivity index (χ0) is 15.8. The summed E-state index contributed by atoms with van der Waals surface area (Å²) in [5, 5.41) is 2.42. The standard InChI is InChI=1S/C17H21NO2S/c1-10-6-11(2)8-12(7-10)13-9-21-15(18)14(13)16(19)20-17(3,4)5/h6-9H,18H2,1-5H3. The number of carbonyl (C=O) groups excluding carboxylic acids is 1. The highest BCUT2D eigenvalue weighted by Gasteiger charge is 2.24. The third-order valence-corrected chi connectivity index (χ3v) is 3.77. The third kappa shape index (κ3) is 3.64. The minimum absolute atomic E-state index is 0.365. The molecule has 0 aliphatic carbocycles. The highest BCUT2D eigenvalue weighted by Crippen LogP contribution is 2.35. The summed E-state index contributed by atoms with van der Waals surface area (Å²) >= 11 is 1.37. The van der Waals surface area contributed by atoms with Gasteiger partial charge in [0.1, 0.15) is 16.2 Å². The summed E-state index contributed by atoms with van der Waals surface area (Å²) in [6.45, 7) is 9.64. The summed E-state index contributed by atoms with van der Waals surface area (Å²) in [5.41, 5.74) is 10.1. The van der Waals surface area contributed by atoms with Crippen LogP contribution < -0.4 is 5.73 Å². The van der Waals surface area contributed by atoms with Crippen LogP contribution in [0, 0.1) is 13.8 Å². The summed E-state index contributed by atoms with van der Waals surface area (Å²) in [7, 11) is 0. The molecule has 1 aromatic carbocycles. The topological polar surface area (TPSA) is 52.3 Å². The number of hydrogen-bond donors (Lipinski definition) is 1. The molecule has 112 valence electrons. The quantitative estimate of drug-likeness (QED) is 0.827. The molecule has 1 aromatic heterocycles. The van der Waals surface area contributed by atoms with Gasteiger partial charge in [-0.2, -0.15) is 0 Å². The molecule has 0 aliphatic heterocycles. The van der Waals surface area contributed by atoms with Gasteiger partial charge >= 0.3 is 5.97 Å². The van der Waals surface area contributed by atoms with E-state index in [4.69, 9.17) is 10.5 Å². The average Bonchev–Trinajstić information content (AvgIpc) is 2.67. The van der Waals surface area contributed by atoms with E-state index in [9.17, 15) is 4.79 Å². The molecule has 2 N–H and O–H groups in total. The second-order valence-corrected chi connectivity index (χ2v) is 7.18. The Balaban J connectivity index is 2.49. The summed E-state index contributed by atoms with van der Waals surface area (Å²) < 4.78 is 5.47. The van der Waals surface area contributed by atoms with E-state index in [0.29, 0.717) is 10.6 Å². The molecule has 0 aliphatic rings. The van der Waals surface area contributed by atoms with Gasteiger partial charge in [0, 0.05) is 10.9 Å². The number of esters is 1. The molecule has 0 saturated heterocycles. The minimum atomic E-state index is -0.536. The highest BCUT2D eigenvalue weighted by molar-refractivity contribution is 7.14. The number of hydrogen-bond acceptors (Lipinski definition) is 4. The fourth-order valence-electron chi connectivity index (χ4n) is 2.26. The highest BCUT2D eigenvalue weighted by atomic mass is 32.1. The van der Waals surface area contributed by atoms with Crippen LogP contribution in [0.5, 0.6) is 0 Å². The smallest absolute Gasteiger partial charge is 0.342 e. The Bertz CT molecular complexity index is 660. The number of ether oxygens (including phenoxy) is 1. The van der Waals surface area contributed by atoms with Gasteiger partial charge in [-0.3, -0.25) is 0 Å². The van der Waals surface area contributed by atoms with Crippen molar-refractivity contribution in [3.63, 3.8) is 0 Å². The predicted molar refractivity (Wildman–Crippen MR) is 88.8 cm³/mol. The molecule has 0 fully saturated rings. The zero-order valence-corrected chi connectivity index (χ0v) is 13.9. The van der Waals surface area contributed by atoms with Crippen molar-refractivity contribution in [3.8, 4) is 11.1 Å². The van der Waals surface area contributed by atoms with Crippen LogP contribution >= 0.6 is 11.3 Å². The zero-order valence-electron chi connectivity index (χ0n) is 13.1. The van der Waals surface area contributed by atoms with Gasteiger partial charge < -0.3 is 10.5 Å². The molecule has 0 atom stereocenters. The maximum atomic E-state index is 12.4. The third-order valence-electron chi connectivity index (χ3n) is 2.96. The Morgan fingerprint density at radius 2 is 1.71 bits per heavy atom. The van der Waals surface area contributed by atoms with Crippen molar-refractivity contribution in [2.45, 2.75) is 40.2 Å². The molecule has 0 radical (unpaired) electrons. The van der Waals surface area contributed by atoms with Gasteiger partial charge in [-0.1, -0.05) is 29.3 Å². The summed E-state index contributed by atoms with van der Waals surface area (Å²) in [5.74, 6) is -0.365. The first-order chi connectivity index (χ1) is 9.67. The minimum Gasteiger partial charge on any atom is -0.456 e.